The van der Waals surface area contributed by atoms with E-state index in [4.69, 9.17) is 0 Å². The van der Waals surface area contributed by atoms with Gasteiger partial charge in [0.15, 0.2) is 5.65 Å². The summed E-state index contributed by atoms with van der Waals surface area (Å²) in [4.78, 5) is 6.98. The lowest BCUT2D eigenvalue weighted by atomic mass is 9.98. The number of hydrogen-bond acceptors (Lipinski definition) is 4. The topological polar surface area (TPSA) is 45.5 Å². The molecule has 0 unspecified atom stereocenters. The number of piperidine rings is 1. The first-order valence-electron chi connectivity index (χ1n) is 7.55. The molecule has 2 aromatic heterocycles. The summed E-state index contributed by atoms with van der Waals surface area (Å²) in [7, 11) is 0. The lowest BCUT2D eigenvalue weighted by molar-refractivity contribution is 0.373. The van der Waals surface area contributed by atoms with E-state index >= 15 is 0 Å². The van der Waals surface area contributed by atoms with Gasteiger partial charge in [0.1, 0.15) is 0 Å². The third-order valence-electron chi connectivity index (χ3n) is 4.08. The number of pyridine rings is 1. The van der Waals surface area contributed by atoms with Crippen LogP contribution in [0.1, 0.15) is 25.3 Å². The molecule has 0 saturated carbocycles. The normalized spacial score (nSPS) is 16.7. The lowest BCUT2D eigenvalue weighted by Crippen LogP contribution is -2.36. The Morgan fingerprint density at radius 2 is 2.20 bits per heavy atom. The van der Waals surface area contributed by atoms with Gasteiger partial charge in [0.2, 0.25) is 5.95 Å². The van der Waals surface area contributed by atoms with Crippen molar-refractivity contribution in [3.63, 3.8) is 0 Å². The van der Waals surface area contributed by atoms with Crippen LogP contribution in [0.4, 0.5) is 5.95 Å². The van der Waals surface area contributed by atoms with Crippen LogP contribution in [0.2, 0.25) is 0 Å². The second-order valence-corrected chi connectivity index (χ2v) is 5.65. The Morgan fingerprint density at radius 1 is 1.40 bits per heavy atom. The van der Waals surface area contributed by atoms with Crippen LogP contribution in [-0.2, 0) is 0 Å². The number of rotatable bonds is 4. The molecular weight excluding hydrogens is 250 g/mol. The van der Waals surface area contributed by atoms with E-state index in [-0.39, 0.29) is 0 Å². The van der Waals surface area contributed by atoms with E-state index in [2.05, 4.69) is 46.3 Å². The molecule has 1 aliphatic rings. The van der Waals surface area contributed by atoms with Gasteiger partial charge in [-0.3, -0.25) is 0 Å². The van der Waals surface area contributed by atoms with E-state index in [1.54, 1.807) is 0 Å². The van der Waals surface area contributed by atoms with Crippen molar-refractivity contribution in [2.75, 3.05) is 31.1 Å². The second-order valence-electron chi connectivity index (χ2n) is 5.65. The maximum Gasteiger partial charge on any atom is 0.245 e. The fraction of sp³-hybridized carbons (Fsp3) is 0.600. The standard InChI is InChI=1S/C15H23N5/c1-3-19(11-13-4-7-16-8-5-13)15-17-14-10-12(2)6-9-20(14)18-15/h6,9-10,13,16H,3-5,7-8,11H2,1-2H3. The highest BCUT2D eigenvalue weighted by Crippen LogP contribution is 2.18. The van der Waals surface area contributed by atoms with Crippen molar-refractivity contribution in [3.8, 4) is 0 Å². The summed E-state index contributed by atoms with van der Waals surface area (Å²) < 4.78 is 1.87. The molecule has 1 saturated heterocycles. The molecule has 0 spiro atoms. The monoisotopic (exact) mass is 273 g/mol. The fourth-order valence-corrected chi connectivity index (χ4v) is 2.83. The van der Waals surface area contributed by atoms with Crippen LogP contribution in [0.3, 0.4) is 0 Å². The van der Waals surface area contributed by atoms with E-state index in [0.29, 0.717) is 0 Å². The van der Waals surface area contributed by atoms with E-state index in [9.17, 15) is 0 Å². The van der Waals surface area contributed by atoms with Crippen LogP contribution in [0.15, 0.2) is 18.3 Å². The SMILES string of the molecule is CCN(CC1CCNCC1)c1nc2cc(C)ccn2n1. The molecule has 3 rings (SSSR count). The molecular formula is C15H23N5. The maximum atomic E-state index is 4.67. The summed E-state index contributed by atoms with van der Waals surface area (Å²) in [6.07, 6.45) is 4.49. The highest BCUT2D eigenvalue weighted by atomic mass is 15.4. The van der Waals surface area contributed by atoms with Gasteiger partial charge in [-0.15, -0.1) is 5.10 Å². The predicted octanol–water partition coefficient (Wildman–Crippen LogP) is 1.86. The smallest absolute Gasteiger partial charge is 0.245 e. The van der Waals surface area contributed by atoms with Crippen LogP contribution >= 0.6 is 0 Å². The zero-order valence-electron chi connectivity index (χ0n) is 12.3. The first-order chi connectivity index (χ1) is 9.76. The zero-order chi connectivity index (χ0) is 13.9. The fourth-order valence-electron chi connectivity index (χ4n) is 2.83. The Labute approximate surface area is 120 Å². The first kappa shape index (κ1) is 13.4. The molecule has 108 valence electrons. The minimum atomic E-state index is 0.754. The Kier molecular flexibility index (Phi) is 3.87. The second kappa shape index (κ2) is 5.79. The van der Waals surface area contributed by atoms with Gasteiger partial charge in [-0.1, -0.05) is 0 Å². The maximum absolute atomic E-state index is 4.67. The molecule has 0 aromatic carbocycles. The Balaban J connectivity index is 1.79. The van der Waals surface area contributed by atoms with E-state index < -0.39 is 0 Å². The minimum Gasteiger partial charge on any atom is -0.340 e. The summed E-state index contributed by atoms with van der Waals surface area (Å²) in [5, 5.41) is 8.03. The predicted molar refractivity (Wildman–Crippen MR) is 81.2 cm³/mol. The van der Waals surface area contributed by atoms with Crippen LogP contribution in [0.25, 0.3) is 5.65 Å². The van der Waals surface area contributed by atoms with Gasteiger partial charge in [0.25, 0.3) is 0 Å². The quantitative estimate of drug-likeness (QED) is 0.923. The van der Waals surface area contributed by atoms with E-state index in [1.807, 2.05) is 10.7 Å². The largest absolute Gasteiger partial charge is 0.340 e. The molecule has 1 fully saturated rings. The lowest BCUT2D eigenvalue weighted by Gasteiger charge is -2.28. The molecule has 1 N–H and O–H groups in total. The van der Waals surface area contributed by atoms with Gasteiger partial charge < -0.3 is 10.2 Å². The van der Waals surface area contributed by atoms with Crippen molar-refractivity contribution < 1.29 is 0 Å². The van der Waals surface area contributed by atoms with E-state index in [1.165, 1.54) is 18.4 Å². The molecule has 0 bridgehead atoms. The molecule has 5 heteroatoms. The molecule has 20 heavy (non-hydrogen) atoms. The summed E-state index contributed by atoms with van der Waals surface area (Å²) in [5.41, 5.74) is 2.15. The van der Waals surface area contributed by atoms with Crippen LogP contribution in [0.5, 0.6) is 0 Å². The van der Waals surface area contributed by atoms with Crippen LogP contribution in [-0.4, -0.2) is 40.8 Å². The van der Waals surface area contributed by atoms with Crippen molar-refractivity contribution in [2.45, 2.75) is 26.7 Å². The zero-order valence-corrected chi connectivity index (χ0v) is 12.3. The van der Waals surface area contributed by atoms with E-state index in [0.717, 1.165) is 43.7 Å². The van der Waals surface area contributed by atoms with Crippen molar-refractivity contribution in [1.82, 2.24) is 19.9 Å². The van der Waals surface area contributed by atoms with Crippen molar-refractivity contribution in [2.24, 2.45) is 5.92 Å². The number of hydrogen-bond donors (Lipinski definition) is 1. The number of aryl methyl sites for hydroxylation is 1. The van der Waals surface area contributed by atoms with Gasteiger partial charge in [0.05, 0.1) is 0 Å². The molecule has 0 amide bonds. The first-order valence-corrected chi connectivity index (χ1v) is 7.55. The van der Waals surface area contributed by atoms with Crippen LogP contribution < -0.4 is 10.2 Å². The molecule has 0 radical (unpaired) electrons. The Morgan fingerprint density at radius 3 is 2.95 bits per heavy atom. The molecule has 3 heterocycles. The Bertz CT molecular complexity index is 571. The third-order valence-corrected chi connectivity index (χ3v) is 4.08. The van der Waals surface area contributed by atoms with Crippen molar-refractivity contribution in [1.29, 1.82) is 0 Å². The number of nitrogens with one attached hydrogen (secondary N) is 1. The van der Waals surface area contributed by atoms with Gasteiger partial charge in [0, 0.05) is 19.3 Å². The summed E-state index contributed by atoms with van der Waals surface area (Å²) in [6.45, 7) is 8.56. The number of aromatic nitrogens is 3. The van der Waals surface area contributed by atoms with Crippen LogP contribution in [0, 0.1) is 12.8 Å². The highest BCUT2D eigenvalue weighted by molar-refractivity contribution is 5.46. The number of nitrogens with zero attached hydrogens (tertiary/aromatic N) is 4. The van der Waals surface area contributed by atoms with Crippen molar-refractivity contribution >= 4 is 11.6 Å². The summed E-state index contributed by atoms with van der Waals surface area (Å²) in [6, 6.07) is 4.14. The van der Waals surface area contributed by atoms with Gasteiger partial charge in [-0.25, -0.2) is 4.52 Å². The molecule has 5 nitrogen and oxygen atoms in total. The average molecular weight is 273 g/mol. The minimum absolute atomic E-state index is 0.754. The van der Waals surface area contributed by atoms with Gasteiger partial charge >= 0.3 is 0 Å². The van der Waals surface area contributed by atoms with Crippen molar-refractivity contribution in [3.05, 3.63) is 23.9 Å². The molecule has 0 aliphatic carbocycles. The van der Waals surface area contributed by atoms with Gasteiger partial charge in [-0.2, -0.15) is 4.98 Å². The molecule has 2 aromatic rings. The number of fused-ring (bicyclic) bond motifs is 1. The summed E-state index contributed by atoms with van der Waals surface area (Å²) in [5.74, 6) is 1.61. The number of anilines is 1. The average Bonchev–Trinajstić information content (AvgIpc) is 2.88. The Hall–Kier alpha value is -1.62. The molecule has 0 atom stereocenters. The summed E-state index contributed by atoms with van der Waals surface area (Å²) >= 11 is 0. The highest BCUT2D eigenvalue weighted by Gasteiger charge is 2.19. The molecule has 1 aliphatic heterocycles. The third kappa shape index (κ3) is 2.77. The van der Waals surface area contributed by atoms with Gasteiger partial charge in [-0.05, 0) is 63.4 Å².